The zero-order valence-electron chi connectivity index (χ0n) is 13.6. The van der Waals surface area contributed by atoms with Gasteiger partial charge in [-0.25, -0.2) is 0 Å². The predicted octanol–water partition coefficient (Wildman–Crippen LogP) is 3.76. The van der Waals surface area contributed by atoms with Gasteiger partial charge in [-0.05, 0) is 26.1 Å². The fraction of sp³-hybridized carbons (Fsp3) is 0.312. The zero-order valence-corrected chi connectivity index (χ0v) is 15.1. The van der Waals surface area contributed by atoms with Crippen molar-refractivity contribution in [1.29, 1.82) is 0 Å². The Bertz CT molecular complexity index is 829. The van der Waals surface area contributed by atoms with E-state index in [1.807, 2.05) is 14.0 Å². The maximum absolute atomic E-state index is 6.06. The first-order valence-corrected chi connectivity index (χ1v) is 8.35. The van der Waals surface area contributed by atoms with Gasteiger partial charge in [0.25, 0.3) is 5.89 Å². The average molecular weight is 383 g/mol. The zero-order chi connectivity index (χ0) is 17.8. The van der Waals surface area contributed by atoms with Crippen LogP contribution in [0.15, 0.2) is 33.3 Å². The van der Waals surface area contributed by atoms with Crippen molar-refractivity contribution in [3.8, 4) is 17.3 Å². The van der Waals surface area contributed by atoms with Crippen LogP contribution >= 0.6 is 23.2 Å². The second kappa shape index (κ2) is 7.86. The minimum Gasteiger partial charge on any atom is -0.482 e. The molecule has 2 heterocycles. The highest BCUT2D eigenvalue weighted by Crippen LogP contribution is 2.33. The minimum absolute atomic E-state index is 0.119. The van der Waals surface area contributed by atoms with Crippen molar-refractivity contribution in [2.24, 2.45) is 0 Å². The number of nitrogens with zero attached hydrogens (tertiary/aromatic N) is 3. The number of ether oxygens (including phenoxy) is 1. The number of aromatic nitrogens is 3. The van der Waals surface area contributed by atoms with Crippen LogP contribution in [0, 0.1) is 0 Å². The Balaban J connectivity index is 1.66. The van der Waals surface area contributed by atoms with Gasteiger partial charge in [-0.1, -0.05) is 39.6 Å². The van der Waals surface area contributed by atoms with Gasteiger partial charge in [0, 0.05) is 18.5 Å². The summed E-state index contributed by atoms with van der Waals surface area (Å²) in [4.78, 5) is 4.30. The number of hydrogen-bond donors (Lipinski definition) is 1. The Kier molecular flexibility index (Phi) is 5.57. The van der Waals surface area contributed by atoms with Gasteiger partial charge >= 0.3 is 0 Å². The van der Waals surface area contributed by atoms with Crippen LogP contribution in [0.4, 0.5) is 0 Å². The molecule has 0 aliphatic rings. The Morgan fingerprint density at radius 1 is 1.20 bits per heavy atom. The van der Waals surface area contributed by atoms with E-state index in [0.717, 1.165) is 0 Å². The molecule has 0 amide bonds. The van der Waals surface area contributed by atoms with E-state index in [-0.39, 0.29) is 12.6 Å². The van der Waals surface area contributed by atoms with Crippen molar-refractivity contribution in [1.82, 2.24) is 20.6 Å². The van der Waals surface area contributed by atoms with Crippen LogP contribution < -0.4 is 10.1 Å². The fourth-order valence-corrected chi connectivity index (χ4v) is 2.57. The van der Waals surface area contributed by atoms with Crippen molar-refractivity contribution >= 4 is 23.2 Å². The highest BCUT2D eigenvalue weighted by molar-refractivity contribution is 6.37. The summed E-state index contributed by atoms with van der Waals surface area (Å²) in [7, 11) is 1.88. The Morgan fingerprint density at radius 2 is 1.96 bits per heavy atom. The number of likely N-dealkylation sites (N-methyl/N-ethyl adjacent to an activating group) is 1. The van der Waals surface area contributed by atoms with Gasteiger partial charge in [0.05, 0.1) is 10.0 Å². The number of para-hydroxylation sites is 1. The van der Waals surface area contributed by atoms with E-state index in [0.29, 0.717) is 45.4 Å². The highest BCUT2D eigenvalue weighted by atomic mass is 35.5. The van der Waals surface area contributed by atoms with Crippen LogP contribution in [0.3, 0.4) is 0 Å². The highest BCUT2D eigenvalue weighted by Gasteiger charge is 2.16. The molecule has 3 rings (SSSR count). The van der Waals surface area contributed by atoms with E-state index in [2.05, 4.69) is 20.6 Å². The predicted molar refractivity (Wildman–Crippen MR) is 92.8 cm³/mol. The molecule has 1 N–H and O–H groups in total. The van der Waals surface area contributed by atoms with Crippen LogP contribution in [0.2, 0.25) is 10.0 Å². The number of rotatable bonds is 7. The molecule has 1 unspecified atom stereocenters. The normalized spacial score (nSPS) is 12.3. The summed E-state index contributed by atoms with van der Waals surface area (Å²) >= 11 is 12.1. The summed E-state index contributed by atoms with van der Waals surface area (Å²) in [5.41, 5.74) is 0.444. The molecule has 25 heavy (non-hydrogen) atoms. The molecule has 7 nitrogen and oxygen atoms in total. The molecule has 0 fully saturated rings. The molecule has 1 atom stereocenters. The third-order valence-corrected chi connectivity index (χ3v) is 4.10. The fourth-order valence-electron chi connectivity index (χ4n) is 2.06. The largest absolute Gasteiger partial charge is 0.482 e. The maximum atomic E-state index is 6.06. The molecular formula is C16H16Cl2N4O3. The molecule has 0 saturated carbocycles. The molecule has 0 radical (unpaired) electrons. The summed E-state index contributed by atoms with van der Waals surface area (Å²) < 4.78 is 16.0. The van der Waals surface area contributed by atoms with Gasteiger partial charge < -0.3 is 19.1 Å². The van der Waals surface area contributed by atoms with Gasteiger partial charge in [-0.15, -0.1) is 0 Å². The molecule has 9 heteroatoms. The lowest BCUT2D eigenvalue weighted by atomic mass is 10.2. The molecule has 1 aromatic carbocycles. The van der Waals surface area contributed by atoms with Gasteiger partial charge in [0.15, 0.2) is 23.0 Å². The SMILES string of the molecule is CNC(C)Cc1noc(-c2cc(COc3c(Cl)cccc3Cl)on2)n1. The maximum Gasteiger partial charge on any atom is 0.280 e. The first kappa shape index (κ1) is 17.7. The molecule has 0 bridgehead atoms. The number of nitrogens with one attached hydrogen (secondary N) is 1. The van der Waals surface area contributed by atoms with E-state index >= 15 is 0 Å². The Labute approximate surface area is 154 Å². The van der Waals surface area contributed by atoms with Crippen molar-refractivity contribution in [2.75, 3.05) is 7.05 Å². The molecule has 0 saturated heterocycles. The number of hydrogen-bond acceptors (Lipinski definition) is 7. The van der Waals surface area contributed by atoms with Crippen LogP contribution in [0.25, 0.3) is 11.6 Å². The molecule has 3 aromatic rings. The third-order valence-electron chi connectivity index (χ3n) is 3.51. The minimum atomic E-state index is 0.119. The van der Waals surface area contributed by atoms with E-state index in [9.17, 15) is 0 Å². The van der Waals surface area contributed by atoms with Crippen LogP contribution in [0.1, 0.15) is 18.5 Å². The Morgan fingerprint density at radius 3 is 2.68 bits per heavy atom. The molecule has 0 aliphatic carbocycles. The molecule has 132 valence electrons. The molecule has 2 aromatic heterocycles. The number of benzene rings is 1. The van der Waals surface area contributed by atoms with Gasteiger partial charge in [0.2, 0.25) is 0 Å². The van der Waals surface area contributed by atoms with Crippen molar-refractivity contribution < 1.29 is 13.8 Å². The summed E-state index contributed by atoms with van der Waals surface area (Å²) in [6.07, 6.45) is 0.652. The summed E-state index contributed by atoms with van der Waals surface area (Å²) in [5.74, 6) is 1.77. The Hall–Kier alpha value is -2.09. The molecular weight excluding hydrogens is 367 g/mol. The third kappa shape index (κ3) is 4.31. The van der Waals surface area contributed by atoms with Gasteiger partial charge in [-0.2, -0.15) is 4.98 Å². The molecule has 0 spiro atoms. The number of halogens is 2. The van der Waals surface area contributed by atoms with E-state index in [4.69, 9.17) is 37.0 Å². The van der Waals surface area contributed by atoms with Crippen LogP contribution in [0.5, 0.6) is 5.75 Å². The smallest absolute Gasteiger partial charge is 0.280 e. The average Bonchev–Trinajstić information content (AvgIpc) is 3.23. The van der Waals surface area contributed by atoms with Crippen LogP contribution in [-0.2, 0) is 13.0 Å². The lowest BCUT2D eigenvalue weighted by molar-refractivity contribution is 0.249. The lowest BCUT2D eigenvalue weighted by Gasteiger charge is -2.07. The van der Waals surface area contributed by atoms with Crippen molar-refractivity contribution in [3.63, 3.8) is 0 Å². The second-order valence-corrected chi connectivity index (χ2v) is 6.24. The van der Waals surface area contributed by atoms with Crippen molar-refractivity contribution in [3.05, 3.63) is 45.9 Å². The first-order valence-electron chi connectivity index (χ1n) is 7.59. The van der Waals surface area contributed by atoms with E-state index < -0.39 is 0 Å². The summed E-state index contributed by atoms with van der Waals surface area (Å²) in [6, 6.07) is 7.05. The first-order chi connectivity index (χ1) is 12.1. The van der Waals surface area contributed by atoms with Gasteiger partial charge in [0.1, 0.15) is 6.61 Å². The quantitative estimate of drug-likeness (QED) is 0.665. The second-order valence-electron chi connectivity index (χ2n) is 5.43. The summed E-state index contributed by atoms with van der Waals surface area (Å²) in [5, 5.41) is 11.8. The summed E-state index contributed by atoms with van der Waals surface area (Å²) in [6.45, 7) is 2.15. The lowest BCUT2D eigenvalue weighted by Crippen LogP contribution is -2.24. The van der Waals surface area contributed by atoms with E-state index in [1.54, 1.807) is 24.3 Å². The monoisotopic (exact) mass is 382 g/mol. The van der Waals surface area contributed by atoms with Gasteiger partial charge in [-0.3, -0.25) is 0 Å². The van der Waals surface area contributed by atoms with Crippen LogP contribution in [-0.4, -0.2) is 28.4 Å². The topological polar surface area (TPSA) is 86.2 Å². The van der Waals surface area contributed by atoms with E-state index in [1.165, 1.54) is 0 Å². The molecule has 0 aliphatic heterocycles. The standard InChI is InChI=1S/C16H16Cl2N4O3/c1-9(19-2)6-14-20-16(25-22-14)13-7-10(24-21-13)8-23-15-11(17)4-3-5-12(15)18/h3-5,7,9,19H,6,8H2,1-2H3. The van der Waals surface area contributed by atoms with Crippen molar-refractivity contribution in [2.45, 2.75) is 26.0 Å².